The van der Waals surface area contributed by atoms with Crippen molar-refractivity contribution in [3.05, 3.63) is 36.5 Å². The van der Waals surface area contributed by atoms with E-state index < -0.39 is 9.84 Å². The summed E-state index contributed by atoms with van der Waals surface area (Å²) in [6, 6.07) is 5.09. The van der Waals surface area contributed by atoms with Crippen LogP contribution in [0.2, 0.25) is 0 Å². The monoisotopic (exact) mass is 391 g/mol. The van der Waals surface area contributed by atoms with Gasteiger partial charge in [-0.15, -0.1) is 0 Å². The summed E-state index contributed by atoms with van der Waals surface area (Å²) in [6.07, 6.45) is 3.56. The van der Waals surface area contributed by atoms with Gasteiger partial charge in [-0.1, -0.05) is 0 Å². The van der Waals surface area contributed by atoms with E-state index >= 15 is 0 Å². The second-order valence-corrected chi connectivity index (χ2v) is 8.99. The average molecular weight is 391 g/mol. The van der Waals surface area contributed by atoms with Crippen LogP contribution in [0.1, 0.15) is 17.0 Å². The van der Waals surface area contributed by atoms with E-state index in [0.717, 1.165) is 5.82 Å². The molecule has 4 heterocycles. The topological polar surface area (TPSA) is 109 Å². The van der Waals surface area contributed by atoms with Crippen molar-refractivity contribution >= 4 is 27.4 Å². The van der Waals surface area contributed by atoms with Gasteiger partial charge in [0, 0.05) is 38.3 Å². The van der Waals surface area contributed by atoms with Gasteiger partial charge in [-0.3, -0.25) is 4.79 Å². The van der Waals surface area contributed by atoms with E-state index in [2.05, 4.69) is 20.2 Å². The molecule has 144 valence electrons. The molecule has 10 heteroatoms. The fraction of sp³-hybridized carbons (Fsp3) is 0.471. The molecule has 2 aromatic rings. The van der Waals surface area contributed by atoms with Crippen LogP contribution in [0.3, 0.4) is 0 Å². The van der Waals surface area contributed by atoms with Crippen LogP contribution in [0.4, 0.5) is 11.6 Å². The summed E-state index contributed by atoms with van der Waals surface area (Å²) in [4.78, 5) is 24.7. The lowest BCUT2D eigenvalue weighted by Gasteiger charge is -2.35. The van der Waals surface area contributed by atoms with Crippen LogP contribution in [0.5, 0.6) is 0 Å². The number of anilines is 2. The summed E-state index contributed by atoms with van der Waals surface area (Å²) in [5.74, 6) is 1.99. The minimum atomic E-state index is -2.94. The first kappa shape index (κ1) is 17.8. The van der Waals surface area contributed by atoms with E-state index in [1.54, 1.807) is 17.0 Å². The van der Waals surface area contributed by atoms with Gasteiger partial charge in [0.05, 0.1) is 17.8 Å². The Morgan fingerprint density at radius 2 is 2.04 bits per heavy atom. The van der Waals surface area contributed by atoms with Crippen LogP contribution in [-0.2, 0) is 9.84 Å². The summed E-state index contributed by atoms with van der Waals surface area (Å²) < 4.78 is 28.4. The highest BCUT2D eigenvalue weighted by Crippen LogP contribution is 2.20. The molecule has 0 aromatic carbocycles. The van der Waals surface area contributed by atoms with E-state index in [-0.39, 0.29) is 23.5 Å². The average Bonchev–Trinajstić information content (AvgIpc) is 3.31. The number of hydrogen-bond acceptors (Lipinski definition) is 8. The van der Waals surface area contributed by atoms with Crippen molar-refractivity contribution in [2.75, 3.05) is 47.9 Å². The van der Waals surface area contributed by atoms with Crippen LogP contribution < -0.4 is 10.2 Å². The number of sulfone groups is 1. The zero-order valence-electron chi connectivity index (χ0n) is 14.7. The van der Waals surface area contributed by atoms with Gasteiger partial charge in [0.2, 0.25) is 0 Å². The molecule has 0 saturated carbocycles. The summed E-state index contributed by atoms with van der Waals surface area (Å²) in [5, 5.41) is 3.19. The Kier molecular flexibility index (Phi) is 4.73. The van der Waals surface area contributed by atoms with Crippen LogP contribution in [0.15, 0.2) is 35.2 Å². The Labute approximate surface area is 157 Å². The highest BCUT2D eigenvalue weighted by Gasteiger charge is 2.28. The van der Waals surface area contributed by atoms with Gasteiger partial charge >= 0.3 is 0 Å². The Morgan fingerprint density at radius 1 is 1.22 bits per heavy atom. The Bertz CT molecular complexity index is 907. The van der Waals surface area contributed by atoms with Crippen LogP contribution in [0, 0.1) is 0 Å². The first-order valence-corrected chi connectivity index (χ1v) is 10.7. The molecule has 1 amide bonds. The van der Waals surface area contributed by atoms with Crippen molar-refractivity contribution < 1.29 is 17.6 Å². The number of piperazine rings is 1. The third-order valence-corrected chi connectivity index (χ3v) is 6.63. The molecule has 27 heavy (non-hydrogen) atoms. The largest absolute Gasteiger partial charge is 0.459 e. The molecule has 4 rings (SSSR count). The predicted octanol–water partition coefficient (Wildman–Crippen LogP) is 0.631. The quantitative estimate of drug-likeness (QED) is 0.808. The fourth-order valence-electron chi connectivity index (χ4n) is 3.41. The maximum Gasteiger partial charge on any atom is 0.289 e. The second-order valence-electron chi connectivity index (χ2n) is 6.76. The Hall–Kier alpha value is -2.62. The molecular formula is C17H21N5O4S. The number of rotatable bonds is 4. The zero-order valence-corrected chi connectivity index (χ0v) is 15.6. The van der Waals surface area contributed by atoms with E-state index in [0.29, 0.717) is 44.2 Å². The minimum Gasteiger partial charge on any atom is -0.459 e. The lowest BCUT2D eigenvalue weighted by atomic mass is 10.2. The van der Waals surface area contributed by atoms with Gasteiger partial charge in [0.1, 0.15) is 18.0 Å². The molecule has 0 aliphatic carbocycles. The van der Waals surface area contributed by atoms with E-state index in [9.17, 15) is 13.2 Å². The predicted molar refractivity (Wildman–Crippen MR) is 99.5 cm³/mol. The summed E-state index contributed by atoms with van der Waals surface area (Å²) in [6.45, 7) is 2.46. The molecule has 2 fully saturated rings. The molecular weight excluding hydrogens is 370 g/mol. The summed E-state index contributed by atoms with van der Waals surface area (Å²) in [7, 11) is -2.94. The maximum absolute atomic E-state index is 12.3. The number of amides is 1. The van der Waals surface area contributed by atoms with Gasteiger partial charge in [0.25, 0.3) is 5.91 Å². The molecule has 0 bridgehead atoms. The molecule has 2 aliphatic heterocycles. The molecule has 1 unspecified atom stereocenters. The SMILES string of the molecule is O=C(c1ccco1)N1CCN(c2cc(NC3CCS(=O)(=O)C3)ncn2)CC1. The van der Waals surface area contributed by atoms with Gasteiger partial charge in [-0.2, -0.15) is 0 Å². The number of carbonyl (C=O) groups is 1. The van der Waals surface area contributed by atoms with Crippen LogP contribution >= 0.6 is 0 Å². The van der Waals surface area contributed by atoms with Crippen LogP contribution in [0.25, 0.3) is 0 Å². The molecule has 0 radical (unpaired) electrons. The normalized spacial score (nSPS) is 22.0. The first-order chi connectivity index (χ1) is 13.0. The summed E-state index contributed by atoms with van der Waals surface area (Å²) >= 11 is 0. The van der Waals surface area contributed by atoms with Crippen molar-refractivity contribution in [1.29, 1.82) is 0 Å². The smallest absolute Gasteiger partial charge is 0.289 e. The zero-order chi connectivity index (χ0) is 18.9. The van der Waals surface area contributed by atoms with Crippen molar-refractivity contribution in [3.63, 3.8) is 0 Å². The van der Waals surface area contributed by atoms with E-state index in [1.807, 2.05) is 6.07 Å². The number of nitrogens with one attached hydrogen (secondary N) is 1. The first-order valence-electron chi connectivity index (χ1n) is 8.87. The molecule has 1 N–H and O–H groups in total. The molecule has 9 nitrogen and oxygen atoms in total. The number of hydrogen-bond donors (Lipinski definition) is 1. The van der Waals surface area contributed by atoms with Gasteiger partial charge < -0.3 is 19.5 Å². The fourth-order valence-corrected chi connectivity index (χ4v) is 5.08. The summed E-state index contributed by atoms with van der Waals surface area (Å²) in [5.41, 5.74) is 0. The van der Waals surface area contributed by atoms with Crippen molar-refractivity contribution in [2.45, 2.75) is 12.5 Å². The highest BCUT2D eigenvalue weighted by molar-refractivity contribution is 7.91. The minimum absolute atomic E-state index is 0.105. The molecule has 1 atom stereocenters. The highest BCUT2D eigenvalue weighted by atomic mass is 32.2. The lowest BCUT2D eigenvalue weighted by Crippen LogP contribution is -2.49. The number of carbonyl (C=O) groups excluding carboxylic acids is 1. The Balaban J connectivity index is 1.36. The van der Waals surface area contributed by atoms with Crippen molar-refractivity contribution in [3.8, 4) is 0 Å². The molecule has 2 saturated heterocycles. The lowest BCUT2D eigenvalue weighted by molar-refractivity contribution is 0.0714. The molecule has 0 spiro atoms. The third kappa shape index (κ3) is 4.05. The molecule has 2 aromatic heterocycles. The Morgan fingerprint density at radius 3 is 2.70 bits per heavy atom. The second kappa shape index (κ2) is 7.18. The van der Waals surface area contributed by atoms with Crippen molar-refractivity contribution in [1.82, 2.24) is 14.9 Å². The number of nitrogens with zero attached hydrogens (tertiary/aromatic N) is 4. The maximum atomic E-state index is 12.3. The van der Waals surface area contributed by atoms with E-state index in [4.69, 9.17) is 4.42 Å². The van der Waals surface area contributed by atoms with Crippen LogP contribution in [-0.4, -0.2) is 72.9 Å². The van der Waals surface area contributed by atoms with Gasteiger partial charge in [-0.25, -0.2) is 18.4 Å². The van der Waals surface area contributed by atoms with E-state index in [1.165, 1.54) is 12.6 Å². The third-order valence-electron chi connectivity index (χ3n) is 4.86. The number of furan rings is 1. The van der Waals surface area contributed by atoms with Gasteiger partial charge in [0.15, 0.2) is 15.6 Å². The van der Waals surface area contributed by atoms with Crippen molar-refractivity contribution in [2.24, 2.45) is 0 Å². The standard InChI is InChI=1S/C17H21N5O4S/c23-17(14-2-1-8-26-14)22-6-4-21(5-7-22)16-10-15(18-12-19-16)20-13-3-9-27(24,25)11-13/h1-2,8,10,12-13H,3-7,9,11H2,(H,18,19,20). The molecule has 2 aliphatic rings. The number of aromatic nitrogens is 2. The van der Waals surface area contributed by atoms with Gasteiger partial charge in [-0.05, 0) is 18.6 Å².